The lowest BCUT2D eigenvalue weighted by Crippen LogP contribution is -2.80. The molecule has 1 heterocycles. The van der Waals surface area contributed by atoms with Gasteiger partial charge in [-0.2, -0.15) is 5.26 Å². The van der Waals surface area contributed by atoms with Crippen LogP contribution in [0.3, 0.4) is 0 Å². The highest BCUT2D eigenvalue weighted by molar-refractivity contribution is 6.25. The number of anilines is 1. The number of nitrogens with two attached hydrogens (primary N) is 3. The first-order chi connectivity index (χ1) is 19.1. The van der Waals surface area contributed by atoms with Crippen LogP contribution in [0.4, 0.5) is 5.69 Å². The first-order valence-electron chi connectivity index (χ1n) is 12.6. The molecule has 1 aromatic carbocycles. The number of hydrogen-bond donors (Lipinski definition) is 6. The number of carbonyl (C=O) groups is 3. The molecule has 0 radical (unpaired) electrons. The predicted molar refractivity (Wildman–Crippen MR) is 146 cm³/mol. The van der Waals surface area contributed by atoms with Gasteiger partial charge in [0.05, 0.1) is 46.9 Å². The fourth-order valence-corrected chi connectivity index (χ4v) is 6.92. The Labute approximate surface area is 234 Å². The molecule has 5 rings (SSSR count). The minimum absolute atomic E-state index is 0.0934. The molecule has 214 valence electrons. The van der Waals surface area contributed by atoms with Crippen LogP contribution < -0.4 is 22.1 Å². The minimum atomic E-state index is -2.72. The molecule has 9 N–H and O–H groups in total. The van der Waals surface area contributed by atoms with Crippen molar-refractivity contribution in [3.05, 3.63) is 52.7 Å². The molecule has 0 unspecified atom stereocenters. The lowest BCUT2D eigenvalue weighted by molar-refractivity contribution is -0.139. The Balaban J connectivity index is 1.89. The number of furan rings is 1. The molecule has 3 aliphatic carbocycles. The van der Waals surface area contributed by atoms with Crippen LogP contribution in [0.1, 0.15) is 17.5 Å². The number of phenolic OH excluding ortho intramolecular Hbond substituents is 1. The summed E-state index contributed by atoms with van der Waals surface area (Å²) in [6.45, 7) is 0. The topological polar surface area (TPSA) is 233 Å². The van der Waals surface area contributed by atoms with Gasteiger partial charge in [0.15, 0.2) is 17.0 Å². The zero-order valence-corrected chi connectivity index (χ0v) is 22.8. The van der Waals surface area contributed by atoms with Crippen LogP contribution in [0.15, 0.2) is 46.0 Å². The van der Waals surface area contributed by atoms with Crippen LogP contribution in [-0.2, 0) is 20.8 Å². The van der Waals surface area contributed by atoms with Gasteiger partial charge in [-0.05, 0) is 44.6 Å². The molecule has 0 bridgehead atoms. The van der Waals surface area contributed by atoms with Gasteiger partial charge in [0.2, 0.25) is 0 Å². The van der Waals surface area contributed by atoms with Crippen LogP contribution in [0.5, 0.6) is 5.75 Å². The Hall–Kier alpha value is -4.64. The first kappa shape index (κ1) is 27.9. The molecule has 13 heteroatoms. The van der Waals surface area contributed by atoms with E-state index in [0.717, 1.165) is 0 Å². The number of primary amides is 1. The number of nitrogens with zero attached hydrogens (tertiary/aromatic N) is 3. The second-order valence-electron chi connectivity index (χ2n) is 11.3. The van der Waals surface area contributed by atoms with Crippen molar-refractivity contribution in [2.24, 2.45) is 22.6 Å². The molecule has 0 spiro atoms. The van der Waals surface area contributed by atoms with E-state index in [1.807, 2.05) is 0 Å². The van der Waals surface area contributed by atoms with Gasteiger partial charge in [-0.15, -0.1) is 0 Å². The van der Waals surface area contributed by atoms with Crippen LogP contribution in [0.2, 0.25) is 0 Å². The lowest BCUT2D eigenvalue weighted by Gasteiger charge is -2.58. The largest absolute Gasteiger partial charge is 0.509 e. The number of aliphatic hydroxyl groups is 2. The number of fused-ring (bicyclic) bond motifs is 3. The Bertz CT molecular complexity index is 1650. The average molecular weight is 563 g/mol. The van der Waals surface area contributed by atoms with Gasteiger partial charge in [0.1, 0.15) is 22.8 Å². The zero-order valence-electron chi connectivity index (χ0n) is 22.8. The Morgan fingerprint density at radius 2 is 1.83 bits per heavy atom. The number of nitriles is 1. The molecular weight excluding hydrogens is 532 g/mol. The number of amides is 1. The van der Waals surface area contributed by atoms with Crippen molar-refractivity contribution >= 4 is 28.9 Å². The van der Waals surface area contributed by atoms with Crippen LogP contribution in [-0.4, -0.2) is 83.0 Å². The molecule has 1 amide bonds. The summed E-state index contributed by atoms with van der Waals surface area (Å²) in [5.41, 5.74) is 12.8. The van der Waals surface area contributed by atoms with Gasteiger partial charge in [0.25, 0.3) is 5.91 Å². The number of Topliss-reactive ketones (excluding diaryl/α,β-unsaturated/α-hetero) is 2. The highest BCUT2D eigenvalue weighted by Gasteiger charge is 2.74. The third-order valence-corrected chi connectivity index (χ3v) is 8.54. The highest BCUT2D eigenvalue weighted by Crippen LogP contribution is 2.59. The zero-order chi connectivity index (χ0) is 30.4. The molecule has 0 saturated heterocycles. The van der Waals surface area contributed by atoms with E-state index in [0.29, 0.717) is 22.4 Å². The van der Waals surface area contributed by atoms with E-state index in [1.165, 1.54) is 31.5 Å². The first-order valence-corrected chi connectivity index (χ1v) is 12.6. The van der Waals surface area contributed by atoms with Gasteiger partial charge in [-0.25, -0.2) is 0 Å². The van der Waals surface area contributed by atoms with Crippen molar-refractivity contribution < 1.29 is 34.1 Å². The van der Waals surface area contributed by atoms with Crippen molar-refractivity contribution in [3.8, 4) is 22.9 Å². The average Bonchev–Trinajstić information content (AvgIpc) is 3.37. The summed E-state index contributed by atoms with van der Waals surface area (Å²) in [5.74, 6) is -5.79. The summed E-state index contributed by atoms with van der Waals surface area (Å²) in [6, 6.07) is 3.59. The number of carbonyl (C=O) groups excluding carboxylic acids is 3. The maximum Gasteiger partial charge on any atom is 0.255 e. The van der Waals surface area contributed by atoms with Gasteiger partial charge in [0, 0.05) is 30.9 Å². The van der Waals surface area contributed by atoms with Crippen molar-refractivity contribution in [1.29, 1.82) is 5.26 Å². The molecule has 4 atom stereocenters. The van der Waals surface area contributed by atoms with Crippen LogP contribution in [0, 0.1) is 16.7 Å². The SMILES string of the molecule is CN(C)c1cc(-c2ccoc2)c(O)c2c1C[C@@]1(N)C[C@@]3(N)[C@H](N(C)C)C(=O)C(C(N)=O)=C(O)[C@@]3(C#N)C(=O)C1=C2O. The fraction of sp³-hybridized carbons (Fsp3) is 0.357. The number of likely N-dealkylation sites (N-methyl/N-ethyl adjacent to an activating group) is 1. The molecule has 3 aliphatic rings. The van der Waals surface area contributed by atoms with E-state index in [1.54, 1.807) is 37.2 Å². The van der Waals surface area contributed by atoms with Crippen LogP contribution in [0.25, 0.3) is 16.9 Å². The highest BCUT2D eigenvalue weighted by atomic mass is 16.3. The summed E-state index contributed by atoms with van der Waals surface area (Å²) >= 11 is 0. The van der Waals surface area contributed by atoms with Gasteiger partial charge >= 0.3 is 0 Å². The quantitative estimate of drug-likeness (QED) is 0.275. The number of hydrogen-bond acceptors (Lipinski definition) is 12. The van der Waals surface area contributed by atoms with Crippen molar-refractivity contribution in [2.75, 3.05) is 33.1 Å². The smallest absolute Gasteiger partial charge is 0.255 e. The minimum Gasteiger partial charge on any atom is -0.509 e. The van der Waals surface area contributed by atoms with Crippen molar-refractivity contribution in [1.82, 2.24) is 4.90 Å². The summed E-state index contributed by atoms with van der Waals surface area (Å²) < 4.78 is 5.17. The Kier molecular flexibility index (Phi) is 5.91. The summed E-state index contributed by atoms with van der Waals surface area (Å²) in [4.78, 5) is 43.4. The molecule has 0 aliphatic heterocycles. The van der Waals surface area contributed by atoms with Gasteiger partial charge in [-0.1, -0.05) is 0 Å². The predicted octanol–water partition coefficient (Wildman–Crippen LogP) is 0.231. The van der Waals surface area contributed by atoms with E-state index in [4.69, 9.17) is 21.6 Å². The van der Waals surface area contributed by atoms with E-state index in [2.05, 4.69) is 0 Å². The third kappa shape index (κ3) is 3.29. The monoisotopic (exact) mass is 562 g/mol. The number of phenols is 1. The summed E-state index contributed by atoms with van der Waals surface area (Å²) in [6.07, 6.45) is 2.23. The Morgan fingerprint density at radius 3 is 2.34 bits per heavy atom. The number of benzene rings is 1. The molecule has 1 aromatic heterocycles. The molecule has 41 heavy (non-hydrogen) atoms. The maximum atomic E-state index is 14.5. The Morgan fingerprint density at radius 1 is 1.17 bits per heavy atom. The maximum absolute atomic E-state index is 14.5. The van der Waals surface area contributed by atoms with E-state index in [-0.39, 0.29) is 17.7 Å². The second-order valence-corrected chi connectivity index (χ2v) is 11.3. The van der Waals surface area contributed by atoms with E-state index < -0.39 is 69.1 Å². The molecule has 1 saturated carbocycles. The molecule has 1 fully saturated rings. The normalized spacial score (nSPS) is 29.2. The third-order valence-electron chi connectivity index (χ3n) is 8.54. The fourth-order valence-electron chi connectivity index (χ4n) is 6.92. The number of aliphatic hydroxyl groups excluding tert-OH is 2. The molecule has 13 nitrogen and oxygen atoms in total. The second kappa shape index (κ2) is 8.68. The van der Waals surface area contributed by atoms with Gasteiger partial charge < -0.3 is 41.8 Å². The van der Waals surface area contributed by atoms with Crippen molar-refractivity contribution in [2.45, 2.75) is 30.0 Å². The molecular formula is C28H30N6O7. The van der Waals surface area contributed by atoms with Crippen LogP contribution >= 0.6 is 0 Å². The van der Waals surface area contributed by atoms with Gasteiger partial charge in [-0.3, -0.25) is 19.3 Å². The lowest BCUT2D eigenvalue weighted by atomic mass is 9.47. The summed E-state index contributed by atoms with van der Waals surface area (Å²) in [7, 11) is 6.43. The summed E-state index contributed by atoms with van der Waals surface area (Å²) in [5, 5.41) is 44.9. The number of ketones is 2. The van der Waals surface area contributed by atoms with E-state index >= 15 is 0 Å². The van der Waals surface area contributed by atoms with E-state index in [9.17, 15) is 35.0 Å². The standard InChI is InChI=1S/C28H30N6O7/c1-33(2)15-7-13(12-5-6-41-9-12)19(35)16-14(15)8-26(31)10-28(32)22(34(3)4)21(37)17(25(30)40)23(38)27(28,11-29)24(39)18(26)20(16)36/h5-7,9,22,35-36,38H,8,10,31-32H2,1-4H3,(H2,30,40)/t22-,26-,27+,28-/m1/s1. The number of aromatic hydroxyl groups is 1. The number of rotatable bonds is 4. The van der Waals surface area contributed by atoms with Crippen molar-refractivity contribution in [3.63, 3.8) is 0 Å². The molecule has 2 aromatic rings.